The van der Waals surface area contributed by atoms with Gasteiger partial charge < -0.3 is 13.8 Å². The minimum atomic E-state index is -0.159. The van der Waals surface area contributed by atoms with Crippen molar-refractivity contribution >= 4 is 21.8 Å². The van der Waals surface area contributed by atoms with Gasteiger partial charge >= 0.3 is 5.95 Å². The molecule has 0 radical (unpaired) electrons. The summed E-state index contributed by atoms with van der Waals surface area (Å²) >= 11 is 0. The van der Waals surface area contributed by atoms with Crippen LogP contribution in [0.4, 0.5) is 0 Å². The van der Waals surface area contributed by atoms with Gasteiger partial charge in [0.25, 0.3) is 5.56 Å². The normalized spacial score (nSPS) is 11.2. The smallest absolute Gasteiger partial charge is 0.324 e. The van der Waals surface area contributed by atoms with Gasteiger partial charge in [-0.3, -0.25) is 4.79 Å². The van der Waals surface area contributed by atoms with Crippen LogP contribution in [0, 0.1) is 0 Å². The van der Waals surface area contributed by atoms with Crippen molar-refractivity contribution < 1.29 is 9.26 Å². The number of fused-ring (bicyclic) bond motifs is 3. The zero-order valence-electron chi connectivity index (χ0n) is 10.1. The molecule has 3 aromatic rings. The van der Waals surface area contributed by atoms with Gasteiger partial charge in [0.15, 0.2) is 5.39 Å². The third-order valence-corrected chi connectivity index (χ3v) is 2.98. The van der Waals surface area contributed by atoms with Crippen LogP contribution < -0.4 is 10.3 Å². The monoisotopic (exact) mass is 244 g/mol. The molecule has 0 saturated carbocycles. The van der Waals surface area contributed by atoms with Gasteiger partial charge in [-0.2, -0.15) is 0 Å². The van der Waals surface area contributed by atoms with Gasteiger partial charge in [-0.25, -0.2) is 0 Å². The fourth-order valence-electron chi connectivity index (χ4n) is 2.12. The van der Waals surface area contributed by atoms with E-state index in [1.807, 2.05) is 31.2 Å². The van der Waals surface area contributed by atoms with Crippen molar-refractivity contribution in [3.63, 3.8) is 0 Å². The minimum absolute atomic E-state index is 0.159. The van der Waals surface area contributed by atoms with Gasteiger partial charge in [-0.05, 0) is 13.0 Å². The number of ether oxygens (including phenoxy) is 1. The molecule has 0 spiro atoms. The fraction of sp³-hybridized carbons (Fsp3) is 0.231. The predicted molar refractivity (Wildman–Crippen MR) is 67.9 cm³/mol. The molecule has 2 heterocycles. The second-order valence-corrected chi connectivity index (χ2v) is 4.01. The SMILES string of the molecule is CCOc1onc2c1c(=O)n(C)c1ccccc21. The summed E-state index contributed by atoms with van der Waals surface area (Å²) in [4.78, 5) is 12.3. The summed E-state index contributed by atoms with van der Waals surface area (Å²) in [6.45, 7) is 2.26. The van der Waals surface area contributed by atoms with Gasteiger partial charge in [-0.1, -0.05) is 23.4 Å². The zero-order valence-corrected chi connectivity index (χ0v) is 10.1. The second-order valence-electron chi connectivity index (χ2n) is 4.01. The summed E-state index contributed by atoms with van der Waals surface area (Å²) in [5.74, 6) is 0.193. The zero-order chi connectivity index (χ0) is 12.7. The summed E-state index contributed by atoms with van der Waals surface area (Å²) in [6, 6.07) is 7.58. The van der Waals surface area contributed by atoms with Crippen molar-refractivity contribution in [1.82, 2.24) is 9.72 Å². The van der Waals surface area contributed by atoms with Crippen molar-refractivity contribution in [2.45, 2.75) is 6.92 Å². The quantitative estimate of drug-likeness (QED) is 0.692. The number of hydrogen-bond acceptors (Lipinski definition) is 4. The Bertz CT molecular complexity index is 786. The molecule has 2 aromatic heterocycles. The summed E-state index contributed by atoms with van der Waals surface area (Å²) in [5, 5.41) is 5.23. The average Bonchev–Trinajstić information content (AvgIpc) is 2.81. The van der Waals surface area contributed by atoms with Crippen molar-refractivity contribution in [3.8, 4) is 5.95 Å². The van der Waals surface area contributed by atoms with E-state index in [1.165, 1.54) is 0 Å². The largest absolute Gasteiger partial charge is 0.463 e. The lowest BCUT2D eigenvalue weighted by Crippen LogP contribution is -2.17. The van der Waals surface area contributed by atoms with Crippen LogP contribution in [0.2, 0.25) is 0 Å². The van der Waals surface area contributed by atoms with Crippen molar-refractivity contribution in [3.05, 3.63) is 34.6 Å². The number of para-hydroxylation sites is 1. The summed E-state index contributed by atoms with van der Waals surface area (Å²) in [7, 11) is 1.73. The van der Waals surface area contributed by atoms with Crippen LogP contribution in [0.3, 0.4) is 0 Å². The summed E-state index contributed by atoms with van der Waals surface area (Å²) in [5.41, 5.74) is 1.22. The average molecular weight is 244 g/mol. The molecule has 0 amide bonds. The summed E-state index contributed by atoms with van der Waals surface area (Å²) in [6.07, 6.45) is 0. The van der Waals surface area contributed by atoms with E-state index >= 15 is 0 Å². The lowest BCUT2D eigenvalue weighted by Gasteiger charge is -2.04. The molecule has 0 unspecified atom stereocenters. The number of benzene rings is 1. The molecule has 0 N–H and O–H groups in total. The van der Waals surface area contributed by atoms with Gasteiger partial charge in [-0.15, -0.1) is 0 Å². The van der Waals surface area contributed by atoms with Crippen LogP contribution in [-0.4, -0.2) is 16.3 Å². The third-order valence-electron chi connectivity index (χ3n) is 2.98. The number of rotatable bonds is 2. The molecule has 0 aliphatic carbocycles. The van der Waals surface area contributed by atoms with Crippen LogP contribution in [-0.2, 0) is 7.05 Å². The van der Waals surface area contributed by atoms with Crippen LogP contribution in [0.25, 0.3) is 21.8 Å². The first kappa shape index (κ1) is 10.8. The Hall–Kier alpha value is -2.30. The molecule has 5 heteroatoms. The molecule has 0 saturated heterocycles. The van der Waals surface area contributed by atoms with E-state index in [2.05, 4.69) is 5.16 Å². The first-order valence-corrected chi connectivity index (χ1v) is 5.74. The van der Waals surface area contributed by atoms with Crippen molar-refractivity contribution in [2.75, 3.05) is 6.61 Å². The molecule has 0 bridgehead atoms. The Balaban J connectivity index is 2.54. The number of hydrogen-bond donors (Lipinski definition) is 0. The fourth-order valence-corrected chi connectivity index (χ4v) is 2.12. The molecule has 0 aliphatic heterocycles. The molecule has 0 aliphatic rings. The Morgan fingerprint density at radius 2 is 2.17 bits per heavy atom. The molecule has 0 atom stereocenters. The van der Waals surface area contributed by atoms with Crippen LogP contribution in [0.5, 0.6) is 5.95 Å². The Kier molecular flexibility index (Phi) is 2.33. The maximum Gasteiger partial charge on any atom is 0.324 e. The number of aromatic nitrogens is 2. The van der Waals surface area contributed by atoms with Crippen LogP contribution >= 0.6 is 0 Å². The molecule has 1 aromatic carbocycles. The van der Waals surface area contributed by atoms with E-state index in [-0.39, 0.29) is 11.5 Å². The van der Waals surface area contributed by atoms with Crippen molar-refractivity contribution in [2.24, 2.45) is 7.05 Å². The number of nitrogens with zero attached hydrogens (tertiary/aromatic N) is 2. The summed E-state index contributed by atoms with van der Waals surface area (Å²) < 4.78 is 12.0. The van der Waals surface area contributed by atoms with E-state index in [0.717, 1.165) is 10.9 Å². The molecular weight excluding hydrogens is 232 g/mol. The van der Waals surface area contributed by atoms with E-state index in [0.29, 0.717) is 17.5 Å². The second kappa shape index (κ2) is 3.87. The lowest BCUT2D eigenvalue weighted by atomic mass is 10.1. The topological polar surface area (TPSA) is 57.3 Å². The van der Waals surface area contributed by atoms with E-state index in [1.54, 1.807) is 11.6 Å². The number of aryl methyl sites for hydroxylation is 1. The maximum absolute atomic E-state index is 12.3. The van der Waals surface area contributed by atoms with E-state index < -0.39 is 0 Å². The van der Waals surface area contributed by atoms with Gasteiger partial charge in [0.1, 0.15) is 5.52 Å². The number of pyridine rings is 1. The minimum Gasteiger partial charge on any atom is -0.463 e. The first-order chi connectivity index (χ1) is 8.74. The molecule has 92 valence electrons. The highest BCUT2D eigenvalue weighted by Gasteiger charge is 2.18. The highest BCUT2D eigenvalue weighted by molar-refractivity contribution is 6.04. The van der Waals surface area contributed by atoms with Crippen LogP contribution in [0.15, 0.2) is 33.6 Å². The Labute approximate surface area is 103 Å². The highest BCUT2D eigenvalue weighted by Crippen LogP contribution is 2.27. The molecule has 5 nitrogen and oxygen atoms in total. The highest BCUT2D eigenvalue weighted by atomic mass is 16.6. The maximum atomic E-state index is 12.3. The van der Waals surface area contributed by atoms with Gasteiger partial charge in [0.2, 0.25) is 0 Å². The predicted octanol–water partition coefficient (Wildman–Crippen LogP) is 2.08. The lowest BCUT2D eigenvalue weighted by molar-refractivity contribution is 0.229. The Morgan fingerprint density at radius 3 is 2.94 bits per heavy atom. The van der Waals surface area contributed by atoms with E-state index in [9.17, 15) is 4.79 Å². The van der Waals surface area contributed by atoms with Crippen LogP contribution in [0.1, 0.15) is 6.92 Å². The first-order valence-electron chi connectivity index (χ1n) is 5.74. The van der Waals surface area contributed by atoms with Gasteiger partial charge in [0.05, 0.1) is 12.1 Å². The molecule has 0 fully saturated rings. The van der Waals surface area contributed by atoms with Crippen molar-refractivity contribution in [1.29, 1.82) is 0 Å². The Morgan fingerprint density at radius 1 is 1.39 bits per heavy atom. The molecular formula is C13H12N2O3. The standard InChI is InChI=1S/C13H12N2O3/c1-3-17-13-10-11(14-18-13)8-6-4-5-7-9(8)15(2)12(10)16/h4-7H,3H2,1-2H3. The molecule has 18 heavy (non-hydrogen) atoms. The molecule has 3 rings (SSSR count). The third kappa shape index (κ3) is 1.33. The van der Waals surface area contributed by atoms with E-state index in [4.69, 9.17) is 9.26 Å². The van der Waals surface area contributed by atoms with Gasteiger partial charge in [0, 0.05) is 12.4 Å².